The van der Waals surface area contributed by atoms with Gasteiger partial charge in [-0.2, -0.15) is 0 Å². The summed E-state index contributed by atoms with van der Waals surface area (Å²) in [6.45, 7) is 2.13. The molecule has 1 aromatic heterocycles. The second-order valence-electron chi connectivity index (χ2n) is 8.47. The Morgan fingerprint density at radius 3 is 2.83 bits per heavy atom. The van der Waals surface area contributed by atoms with E-state index in [0.29, 0.717) is 17.0 Å². The van der Waals surface area contributed by atoms with Gasteiger partial charge >= 0.3 is 19.5 Å². The molecule has 1 aromatic carbocycles. The van der Waals surface area contributed by atoms with Crippen molar-refractivity contribution < 1.29 is 36.8 Å². The number of ether oxygens (including phenoxy) is 2. The molecule has 2 saturated heterocycles. The lowest BCUT2D eigenvalue weighted by molar-refractivity contribution is -0.158. The molecular weight excluding hydrogens is 522 g/mol. The molecule has 6 atom stereocenters. The highest BCUT2D eigenvalue weighted by atomic mass is 35.5. The van der Waals surface area contributed by atoms with E-state index in [1.54, 1.807) is 24.3 Å². The number of rotatable bonds is 7. The number of H-pyrrole nitrogens is 1. The Balaban J connectivity index is 1.54. The van der Waals surface area contributed by atoms with Gasteiger partial charge in [-0.25, -0.2) is 13.8 Å². The van der Waals surface area contributed by atoms with Crippen LogP contribution in [0, 0.1) is 0 Å². The Morgan fingerprint density at radius 2 is 2.14 bits per heavy atom. The van der Waals surface area contributed by atoms with Crippen LogP contribution in [-0.2, 0) is 32.4 Å². The van der Waals surface area contributed by atoms with E-state index in [2.05, 4.69) is 0 Å². The third-order valence-electron chi connectivity index (χ3n) is 5.83. The van der Waals surface area contributed by atoms with Crippen molar-refractivity contribution in [2.24, 2.45) is 0 Å². The molecule has 14 heteroatoms. The molecule has 2 aromatic rings. The van der Waals surface area contributed by atoms with E-state index in [4.69, 9.17) is 34.6 Å². The Labute approximate surface area is 210 Å². The van der Waals surface area contributed by atoms with Crippen LogP contribution in [0.15, 0.2) is 46.1 Å². The van der Waals surface area contributed by atoms with Crippen LogP contribution in [0.4, 0.5) is 4.39 Å². The Kier molecular flexibility index (Phi) is 7.84. The van der Waals surface area contributed by atoms with Gasteiger partial charge in [-0.05, 0) is 24.6 Å². The first-order chi connectivity index (χ1) is 17.0. The number of hydrogen-bond acceptors (Lipinski definition) is 9. The van der Waals surface area contributed by atoms with Crippen LogP contribution in [0.3, 0.4) is 0 Å². The van der Waals surface area contributed by atoms with Gasteiger partial charge in [0.2, 0.25) is 0 Å². The zero-order chi connectivity index (χ0) is 26.1. The highest BCUT2D eigenvalue weighted by molar-refractivity contribution is 7.48. The summed E-state index contributed by atoms with van der Waals surface area (Å²) >= 11 is 6.04. The summed E-state index contributed by atoms with van der Waals surface area (Å²) in [5, 5.41) is 0.476. The molecule has 4 rings (SSSR count). The van der Waals surface area contributed by atoms with Gasteiger partial charge in [-0.1, -0.05) is 30.7 Å². The Hall–Kier alpha value is -2.34. The first-order valence-electron chi connectivity index (χ1n) is 11.2. The third-order valence-corrected chi connectivity index (χ3v) is 7.55. The number of carbonyl (C=O) groups is 1. The molecule has 1 N–H and O–H groups in total. The molecule has 0 aliphatic carbocycles. The standard InChI is InChI=1S/C22H25ClFN2O9P/c1-3-18(28)34-19-16(33-20(22(19,2)24)26-9-7-17(27)25-21(26)29)12-32-36(30)31-10-8-15(35-36)13-5-4-6-14(23)11-13/h4-7,9,11,15-16,19-20H,3,8,10,12H2,1-2H3,(H,25,27,29)/t15?,16?,19-,20?,22-,36-/m1/s1. The van der Waals surface area contributed by atoms with Crippen LogP contribution >= 0.6 is 19.4 Å². The molecule has 0 saturated carbocycles. The minimum absolute atomic E-state index is 0.0462. The number of esters is 1. The molecule has 2 aliphatic heterocycles. The quantitative estimate of drug-likeness (QED) is 0.409. The van der Waals surface area contributed by atoms with Crippen LogP contribution in [0.1, 0.15) is 44.6 Å². The number of phosphoric ester groups is 1. The topological polar surface area (TPSA) is 135 Å². The predicted molar refractivity (Wildman–Crippen MR) is 124 cm³/mol. The van der Waals surface area contributed by atoms with E-state index in [9.17, 15) is 18.9 Å². The average molecular weight is 547 g/mol. The Bertz CT molecular complexity index is 1280. The summed E-state index contributed by atoms with van der Waals surface area (Å²) < 4.78 is 57.4. The lowest BCUT2D eigenvalue weighted by Crippen LogP contribution is -2.46. The third kappa shape index (κ3) is 5.64. The number of carbonyl (C=O) groups excluding carboxylic acids is 1. The van der Waals surface area contributed by atoms with Gasteiger partial charge in [0.05, 0.1) is 19.3 Å². The minimum Gasteiger partial charge on any atom is -0.456 e. The first kappa shape index (κ1) is 26.7. The van der Waals surface area contributed by atoms with Crippen molar-refractivity contribution in [3.63, 3.8) is 0 Å². The fraction of sp³-hybridized carbons (Fsp3) is 0.500. The van der Waals surface area contributed by atoms with E-state index in [1.807, 2.05) is 4.98 Å². The molecule has 2 fully saturated rings. The molecule has 3 heterocycles. The largest absolute Gasteiger partial charge is 0.475 e. The maximum Gasteiger partial charge on any atom is 0.475 e. The number of nitrogens with one attached hydrogen (secondary N) is 1. The number of phosphoric acid groups is 1. The van der Waals surface area contributed by atoms with Crippen molar-refractivity contribution in [3.05, 3.63) is 68.0 Å². The molecule has 0 spiro atoms. The van der Waals surface area contributed by atoms with Crippen molar-refractivity contribution in [1.29, 1.82) is 0 Å². The molecule has 3 unspecified atom stereocenters. The van der Waals surface area contributed by atoms with Gasteiger partial charge in [-0.15, -0.1) is 0 Å². The van der Waals surface area contributed by atoms with Crippen molar-refractivity contribution in [1.82, 2.24) is 9.55 Å². The lowest BCUT2D eigenvalue weighted by Gasteiger charge is -2.30. The average Bonchev–Trinajstić information content (AvgIpc) is 3.07. The zero-order valence-electron chi connectivity index (χ0n) is 19.4. The summed E-state index contributed by atoms with van der Waals surface area (Å²) in [5.74, 6) is -0.718. The molecule has 0 bridgehead atoms. The van der Waals surface area contributed by atoms with Gasteiger partial charge in [0.15, 0.2) is 18.0 Å². The summed E-state index contributed by atoms with van der Waals surface area (Å²) in [6.07, 6.45) is -3.62. The van der Waals surface area contributed by atoms with Crippen LogP contribution in [0.2, 0.25) is 5.02 Å². The predicted octanol–water partition coefficient (Wildman–Crippen LogP) is 3.44. The minimum atomic E-state index is -4.12. The Morgan fingerprint density at radius 1 is 1.36 bits per heavy atom. The SMILES string of the molecule is CCC(=O)O[C@@H]1C(CO[P@@]2(=O)OCCC(c3cccc(Cl)c3)O2)OC(n2ccc(=O)[nH]c2=O)[C@]1(C)F. The summed E-state index contributed by atoms with van der Waals surface area (Å²) in [7, 11) is -4.12. The van der Waals surface area contributed by atoms with Gasteiger partial charge in [-0.3, -0.25) is 32.7 Å². The monoisotopic (exact) mass is 546 g/mol. The number of alkyl halides is 1. The summed E-state index contributed by atoms with van der Waals surface area (Å²) in [4.78, 5) is 37.8. The molecular formula is C22H25ClFN2O9P. The molecule has 36 heavy (non-hydrogen) atoms. The molecule has 11 nitrogen and oxygen atoms in total. The maximum atomic E-state index is 16.0. The van der Waals surface area contributed by atoms with Crippen molar-refractivity contribution in [2.45, 2.75) is 56.9 Å². The highest BCUT2D eigenvalue weighted by Gasteiger charge is 2.58. The fourth-order valence-electron chi connectivity index (χ4n) is 4.04. The van der Waals surface area contributed by atoms with Gasteiger partial charge in [0.1, 0.15) is 6.10 Å². The fourth-order valence-corrected chi connectivity index (χ4v) is 5.64. The highest BCUT2D eigenvalue weighted by Crippen LogP contribution is 2.57. The normalized spacial score (nSPS) is 32.3. The number of aromatic amines is 1. The summed E-state index contributed by atoms with van der Waals surface area (Å²) in [5.41, 5.74) is -3.35. The van der Waals surface area contributed by atoms with E-state index >= 15 is 4.39 Å². The second-order valence-corrected chi connectivity index (χ2v) is 10.5. The van der Waals surface area contributed by atoms with Gasteiger partial charge < -0.3 is 9.47 Å². The smallest absolute Gasteiger partial charge is 0.456 e. The molecule has 196 valence electrons. The first-order valence-corrected chi connectivity index (χ1v) is 13.0. The van der Waals surface area contributed by atoms with Crippen LogP contribution in [-0.4, -0.2) is 46.6 Å². The molecule has 0 radical (unpaired) electrons. The van der Waals surface area contributed by atoms with Crippen molar-refractivity contribution >= 4 is 25.4 Å². The van der Waals surface area contributed by atoms with E-state index in [-0.39, 0.29) is 13.0 Å². The summed E-state index contributed by atoms with van der Waals surface area (Å²) in [6, 6.07) is 7.86. The van der Waals surface area contributed by atoms with E-state index in [0.717, 1.165) is 23.8 Å². The van der Waals surface area contributed by atoms with E-state index in [1.165, 1.54) is 6.92 Å². The van der Waals surface area contributed by atoms with Crippen LogP contribution < -0.4 is 11.2 Å². The maximum absolute atomic E-state index is 16.0. The number of benzene rings is 1. The van der Waals surface area contributed by atoms with Crippen molar-refractivity contribution in [2.75, 3.05) is 13.2 Å². The lowest BCUT2D eigenvalue weighted by atomic mass is 9.98. The van der Waals surface area contributed by atoms with Gasteiger partial charge in [0.25, 0.3) is 5.56 Å². The number of nitrogens with zero attached hydrogens (tertiary/aromatic N) is 1. The van der Waals surface area contributed by atoms with E-state index < -0.39 is 61.9 Å². The number of halogens is 2. The second kappa shape index (κ2) is 10.6. The molecule has 0 amide bonds. The van der Waals surface area contributed by atoms with Crippen molar-refractivity contribution in [3.8, 4) is 0 Å². The number of aromatic nitrogens is 2. The molecule has 2 aliphatic rings. The van der Waals surface area contributed by atoms with Crippen LogP contribution in [0.25, 0.3) is 0 Å². The zero-order valence-corrected chi connectivity index (χ0v) is 21.1. The van der Waals surface area contributed by atoms with Gasteiger partial charge in [0, 0.05) is 30.1 Å². The van der Waals surface area contributed by atoms with Crippen LogP contribution in [0.5, 0.6) is 0 Å². The number of hydrogen-bond donors (Lipinski definition) is 1.